The minimum Gasteiger partial charge on any atom is -0.487 e. The number of nitrogens with two attached hydrogens (primary N) is 1. The number of carbonyl (C=O) groups is 1. The van der Waals surface area contributed by atoms with Crippen LogP contribution in [0.3, 0.4) is 0 Å². The first-order valence-electron chi connectivity index (χ1n) is 13.2. The highest BCUT2D eigenvalue weighted by Crippen LogP contribution is 2.27. The predicted octanol–water partition coefficient (Wildman–Crippen LogP) is 8.54. The van der Waals surface area contributed by atoms with Gasteiger partial charge in [0.1, 0.15) is 22.9 Å². The molecule has 0 saturated carbocycles. The molecule has 0 amide bonds. The van der Waals surface area contributed by atoms with Gasteiger partial charge in [-0.25, -0.2) is 0 Å². The molecule has 4 heteroatoms. The molecule has 2 aromatic rings. The molecule has 0 spiro atoms. The van der Waals surface area contributed by atoms with Gasteiger partial charge in [-0.1, -0.05) is 82.5 Å². The van der Waals surface area contributed by atoms with Gasteiger partial charge in [-0.3, -0.25) is 4.79 Å². The molecular weight excluding hydrogens is 482 g/mol. The molecule has 0 unspecified atom stereocenters. The molecule has 2 aromatic carbocycles. The van der Waals surface area contributed by atoms with Crippen LogP contribution in [0.25, 0.3) is 11.1 Å². The Morgan fingerprint density at radius 1 is 0.769 bits per heavy atom. The van der Waals surface area contributed by atoms with E-state index in [1.807, 2.05) is 88.4 Å². The van der Waals surface area contributed by atoms with Gasteiger partial charge in [0, 0.05) is 17.7 Å². The van der Waals surface area contributed by atoms with Crippen LogP contribution in [-0.4, -0.2) is 17.9 Å². The first kappa shape index (κ1) is 31.3. The number of hydrogen-bond acceptors (Lipinski definition) is 4. The first-order valence-corrected chi connectivity index (χ1v) is 13.2. The summed E-state index contributed by atoms with van der Waals surface area (Å²) < 4.78 is 11.8. The van der Waals surface area contributed by atoms with Gasteiger partial charge in [0.15, 0.2) is 5.78 Å². The van der Waals surface area contributed by atoms with Crippen LogP contribution in [0.4, 0.5) is 0 Å². The zero-order valence-electron chi connectivity index (χ0n) is 24.5. The van der Waals surface area contributed by atoms with Crippen LogP contribution < -0.4 is 15.2 Å². The number of allylic oxidation sites excluding steroid dienone is 9. The summed E-state index contributed by atoms with van der Waals surface area (Å²) in [4.78, 5) is 13.1. The summed E-state index contributed by atoms with van der Waals surface area (Å²) in [6.07, 6.45) is 10.7. The lowest BCUT2D eigenvalue weighted by Crippen LogP contribution is -2.37. The number of carbonyl (C=O) groups excluding carboxylic acids is 1. The van der Waals surface area contributed by atoms with Crippen molar-refractivity contribution in [3.05, 3.63) is 121 Å². The number of Topliss-reactive ketones (excluding diaryl/α,β-unsaturated/α-hetero) is 1. The quantitative estimate of drug-likeness (QED) is 0.171. The van der Waals surface area contributed by atoms with E-state index in [-0.39, 0.29) is 11.2 Å². The number of hydrogen-bond donors (Lipinski definition) is 1. The highest BCUT2D eigenvalue weighted by atomic mass is 16.5. The molecule has 39 heavy (non-hydrogen) atoms. The zero-order valence-corrected chi connectivity index (χ0v) is 24.5. The van der Waals surface area contributed by atoms with Crippen LogP contribution >= 0.6 is 0 Å². The normalized spacial score (nSPS) is 13.1. The van der Waals surface area contributed by atoms with Gasteiger partial charge in [0.2, 0.25) is 0 Å². The third kappa shape index (κ3) is 9.73. The monoisotopic (exact) mass is 525 g/mol. The van der Waals surface area contributed by atoms with Crippen LogP contribution in [0.5, 0.6) is 11.5 Å². The lowest BCUT2D eigenvalue weighted by molar-refractivity contribution is -0.111. The highest BCUT2D eigenvalue weighted by molar-refractivity contribution is 6.11. The molecule has 0 aromatic heterocycles. The minimum atomic E-state index is -0.411. The van der Waals surface area contributed by atoms with Gasteiger partial charge in [-0.15, -0.1) is 0 Å². The van der Waals surface area contributed by atoms with E-state index in [0.29, 0.717) is 29.2 Å². The van der Waals surface area contributed by atoms with E-state index >= 15 is 0 Å². The Morgan fingerprint density at radius 3 is 1.67 bits per heavy atom. The largest absolute Gasteiger partial charge is 0.487 e. The van der Waals surface area contributed by atoms with Crippen molar-refractivity contribution in [3.63, 3.8) is 0 Å². The number of rotatable bonds is 12. The Kier molecular flexibility index (Phi) is 11.1. The van der Waals surface area contributed by atoms with E-state index in [2.05, 4.69) is 33.9 Å². The molecule has 2 N–H and O–H groups in total. The molecule has 206 valence electrons. The SMILES string of the molecule is C=C(/C=C\C(=C/C)C(=O)C(/C=C\C(=C)C(C)(C)C)=C/C)Oc1ccc(-c2ccc(OC(C)(C)CN)cc2)cc1. The topological polar surface area (TPSA) is 61.5 Å². The van der Waals surface area contributed by atoms with E-state index in [9.17, 15) is 4.79 Å². The number of benzene rings is 2. The van der Waals surface area contributed by atoms with Gasteiger partial charge >= 0.3 is 0 Å². The maximum Gasteiger partial charge on any atom is 0.192 e. The molecule has 0 fully saturated rings. The van der Waals surface area contributed by atoms with Crippen molar-refractivity contribution in [2.45, 2.75) is 54.1 Å². The Bertz CT molecular complexity index is 1280. The maximum absolute atomic E-state index is 13.1. The van der Waals surface area contributed by atoms with Crippen LogP contribution in [0.1, 0.15) is 48.5 Å². The van der Waals surface area contributed by atoms with Gasteiger partial charge in [0.05, 0.1) is 0 Å². The zero-order chi connectivity index (χ0) is 29.2. The van der Waals surface area contributed by atoms with E-state index in [1.54, 1.807) is 24.3 Å². The molecule has 0 atom stereocenters. The standard InChI is InChI=1S/C35H43NO3/c1-10-27(14-12-25(3)34(5,6)7)33(37)28(11-2)15-13-26(4)38-31-20-16-29(17-21-31)30-18-22-32(23-19-30)39-35(8,9)24-36/h10-23H,3-4,24,36H2,1-2,5-9H3/b14-12-,15-13-,27-10+,28-11+. The predicted molar refractivity (Wildman–Crippen MR) is 165 cm³/mol. The first-order chi connectivity index (χ1) is 18.3. The lowest BCUT2D eigenvalue weighted by atomic mass is 9.87. The Morgan fingerprint density at radius 2 is 1.23 bits per heavy atom. The fourth-order valence-corrected chi connectivity index (χ4v) is 3.37. The summed E-state index contributed by atoms with van der Waals surface area (Å²) in [7, 11) is 0. The van der Waals surface area contributed by atoms with Gasteiger partial charge in [0.25, 0.3) is 0 Å². The van der Waals surface area contributed by atoms with E-state index < -0.39 is 5.60 Å². The molecule has 0 bridgehead atoms. The number of ketones is 1. The fraction of sp³-hybridized carbons (Fsp3) is 0.286. The van der Waals surface area contributed by atoms with Crippen LogP contribution in [0.2, 0.25) is 0 Å². The fourth-order valence-electron chi connectivity index (χ4n) is 3.37. The summed E-state index contributed by atoms with van der Waals surface area (Å²) >= 11 is 0. The molecular formula is C35H43NO3. The minimum absolute atomic E-state index is 0.0590. The second-order valence-electron chi connectivity index (χ2n) is 10.9. The van der Waals surface area contributed by atoms with Crippen molar-refractivity contribution >= 4 is 5.78 Å². The van der Waals surface area contributed by atoms with Crippen LogP contribution in [-0.2, 0) is 4.79 Å². The molecule has 0 aliphatic carbocycles. The summed E-state index contributed by atoms with van der Waals surface area (Å²) in [5, 5.41) is 0. The third-order valence-corrected chi connectivity index (χ3v) is 6.20. The maximum atomic E-state index is 13.1. The molecule has 2 rings (SSSR count). The van der Waals surface area contributed by atoms with Gasteiger partial charge in [-0.05, 0) is 86.2 Å². The van der Waals surface area contributed by atoms with Gasteiger partial charge < -0.3 is 15.2 Å². The molecule has 4 nitrogen and oxygen atoms in total. The second kappa shape index (κ2) is 13.8. The second-order valence-corrected chi connectivity index (χ2v) is 10.9. The highest BCUT2D eigenvalue weighted by Gasteiger charge is 2.17. The van der Waals surface area contributed by atoms with Crippen molar-refractivity contribution in [2.75, 3.05) is 6.54 Å². The van der Waals surface area contributed by atoms with Crippen molar-refractivity contribution in [3.8, 4) is 22.6 Å². The van der Waals surface area contributed by atoms with Gasteiger partial charge in [-0.2, -0.15) is 0 Å². The molecule has 0 saturated heterocycles. The average molecular weight is 526 g/mol. The smallest absolute Gasteiger partial charge is 0.192 e. The van der Waals surface area contributed by atoms with E-state index in [4.69, 9.17) is 15.2 Å². The van der Waals surface area contributed by atoms with Crippen molar-refractivity contribution < 1.29 is 14.3 Å². The molecule has 0 aliphatic heterocycles. The van der Waals surface area contributed by atoms with Crippen LogP contribution in [0, 0.1) is 5.41 Å². The summed E-state index contributed by atoms with van der Waals surface area (Å²) in [6.45, 7) is 22.4. The van der Waals surface area contributed by atoms with E-state index in [0.717, 1.165) is 22.4 Å². The van der Waals surface area contributed by atoms with Crippen LogP contribution in [0.15, 0.2) is 121 Å². The molecule has 0 aliphatic rings. The molecule has 0 radical (unpaired) electrons. The molecule has 0 heterocycles. The summed E-state index contributed by atoms with van der Waals surface area (Å²) in [5.74, 6) is 1.79. The average Bonchev–Trinajstić information content (AvgIpc) is 2.89. The lowest BCUT2D eigenvalue weighted by Gasteiger charge is -2.24. The Balaban J connectivity index is 2.03. The van der Waals surface area contributed by atoms with E-state index in [1.165, 1.54) is 0 Å². The third-order valence-electron chi connectivity index (χ3n) is 6.20. The summed E-state index contributed by atoms with van der Waals surface area (Å²) in [5.41, 5.74) is 9.51. The Labute approximate surface area is 234 Å². The Hall–Kier alpha value is -3.89. The van der Waals surface area contributed by atoms with Crippen molar-refractivity contribution in [2.24, 2.45) is 11.1 Å². The number of ether oxygens (including phenoxy) is 2. The van der Waals surface area contributed by atoms with Crippen molar-refractivity contribution in [1.82, 2.24) is 0 Å². The van der Waals surface area contributed by atoms with Crippen molar-refractivity contribution in [1.29, 1.82) is 0 Å². The summed E-state index contributed by atoms with van der Waals surface area (Å²) in [6, 6.07) is 15.7.